The summed E-state index contributed by atoms with van der Waals surface area (Å²) in [5, 5.41) is 0. The van der Waals surface area contributed by atoms with Crippen molar-refractivity contribution in [1.29, 1.82) is 0 Å². The maximum absolute atomic E-state index is 12.4. The average Bonchev–Trinajstić information content (AvgIpc) is 2.41. The van der Waals surface area contributed by atoms with Crippen molar-refractivity contribution in [3.8, 4) is 0 Å². The van der Waals surface area contributed by atoms with Gasteiger partial charge >= 0.3 is 0 Å². The number of hydrogen-bond acceptors (Lipinski definition) is 2. The summed E-state index contributed by atoms with van der Waals surface area (Å²) >= 11 is 3.40. The van der Waals surface area contributed by atoms with Crippen molar-refractivity contribution in [2.45, 2.75) is 0 Å². The Morgan fingerprint density at radius 3 is 2.22 bits per heavy atom. The molecule has 18 heavy (non-hydrogen) atoms. The molecule has 0 N–H and O–H groups in total. The molecule has 0 amide bonds. The number of piperazine rings is 3. The van der Waals surface area contributed by atoms with Crippen molar-refractivity contribution in [2.75, 3.05) is 45.8 Å². The van der Waals surface area contributed by atoms with Crippen molar-refractivity contribution in [2.24, 2.45) is 0 Å². The lowest BCUT2D eigenvalue weighted by atomic mass is 10.1. The highest BCUT2D eigenvalue weighted by molar-refractivity contribution is 9.10. The second-order valence-corrected chi connectivity index (χ2v) is 6.36. The fourth-order valence-electron chi connectivity index (χ4n) is 3.00. The van der Waals surface area contributed by atoms with Crippen LogP contribution in [0, 0.1) is 0 Å². The van der Waals surface area contributed by atoms with E-state index in [0.29, 0.717) is 6.54 Å². The Kier molecular flexibility index (Phi) is 3.26. The minimum Gasteiger partial charge on any atom is -0.314 e. The molecule has 0 atom stereocenters. The molecule has 3 aliphatic heterocycles. The monoisotopic (exact) mass is 309 g/mol. The van der Waals surface area contributed by atoms with Crippen LogP contribution in [0.5, 0.6) is 0 Å². The van der Waals surface area contributed by atoms with Gasteiger partial charge in [0.1, 0.15) is 6.54 Å². The maximum Gasteiger partial charge on any atom is 0.216 e. The summed E-state index contributed by atoms with van der Waals surface area (Å²) in [5.74, 6) is 0.290. The molecule has 1 aromatic rings. The molecule has 0 saturated carbocycles. The highest BCUT2D eigenvalue weighted by Gasteiger charge is 2.39. The Balaban J connectivity index is 1.72. The molecule has 96 valence electrons. The van der Waals surface area contributed by atoms with Crippen molar-refractivity contribution >= 4 is 21.7 Å². The normalized spacial score (nSPS) is 30.4. The molecular formula is C14H18BrN2O+. The molecule has 4 rings (SSSR count). The van der Waals surface area contributed by atoms with E-state index in [9.17, 15) is 4.79 Å². The molecule has 3 heterocycles. The first kappa shape index (κ1) is 12.3. The molecule has 3 saturated heterocycles. The zero-order valence-electron chi connectivity index (χ0n) is 10.4. The zero-order chi connectivity index (χ0) is 12.6. The number of fused-ring (bicyclic) bond motifs is 3. The Labute approximate surface area is 116 Å². The van der Waals surface area contributed by atoms with Crippen molar-refractivity contribution in [3.63, 3.8) is 0 Å². The van der Waals surface area contributed by atoms with Gasteiger partial charge in [0, 0.05) is 29.7 Å². The molecule has 0 unspecified atom stereocenters. The minimum absolute atomic E-state index is 0.290. The number of halogens is 1. The van der Waals surface area contributed by atoms with E-state index >= 15 is 0 Å². The van der Waals surface area contributed by atoms with E-state index < -0.39 is 0 Å². The van der Waals surface area contributed by atoms with Crippen LogP contribution in [0.15, 0.2) is 28.7 Å². The van der Waals surface area contributed by atoms with Crippen LogP contribution in [0.4, 0.5) is 0 Å². The molecular weight excluding hydrogens is 292 g/mol. The number of Topliss-reactive ketones (excluding diaryl/α,β-unsaturated/α-hetero) is 1. The lowest BCUT2D eigenvalue weighted by molar-refractivity contribution is -0.933. The van der Waals surface area contributed by atoms with Gasteiger partial charge in [-0.05, 0) is 12.1 Å². The number of carbonyl (C=O) groups is 1. The van der Waals surface area contributed by atoms with Crippen LogP contribution in [-0.4, -0.2) is 61.0 Å². The van der Waals surface area contributed by atoms with E-state index in [0.717, 1.165) is 53.8 Å². The van der Waals surface area contributed by atoms with E-state index in [1.165, 1.54) is 0 Å². The third-order valence-corrected chi connectivity index (χ3v) is 4.85. The first-order chi connectivity index (χ1) is 8.67. The summed E-state index contributed by atoms with van der Waals surface area (Å²) in [4.78, 5) is 14.9. The average molecular weight is 310 g/mol. The Morgan fingerprint density at radius 2 is 1.67 bits per heavy atom. The summed E-state index contributed by atoms with van der Waals surface area (Å²) in [5.41, 5.74) is 0.846. The second kappa shape index (κ2) is 4.76. The maximum atomic E-state index is 12.4. The molecule has 3 aliphatic rings. The number of carbonyl (C=O) groups excluding carboxylic acids is 1. The SMILES string of the molecule is O=C(C[N+]12CCN(CC1)CC2)c1ccc(Br)cc1. The number of ketones is 1. The van der Waals surface area contributed by atoms with Crippen LogP contribution < -0.4 is 0 Å². The van der Waals surface area contributed by atoms with Gasteiger partial charge in [0.15, 0.2) is 0 Å². The number of quaternary nitrogens is 1. The van der Waals surface area contributed by atoms with Crippen molar-refractivity contribution in [3.05, 3.63) is 34.3 Å². The largest absolute Gasteiger partial charge is 0.314 e. The van der Waals surface area contributed by atoms with E-state index in [-0.39, 0.29) is 5.78 Å². The van der Waals surface area contributed by atoms with Gasteiger partial charge in [0.2, 0.25) is 5.78 Å². The molecule has 0 aromatic heterocycles. The second-order valence-electron chi connectivity index (χ2n) is 5.44. The van der Waals surface area contributed by atoms with Gasteiger partial charge in [0.05, 0.1) is 19.6 Å². The molecule has 1 aromatic carbocycles. The van der Waals surface area contributed by atoms with Gasteiger partial charge < -0.3 is 4.48 Å². The van der Waals surface area contributed by atoms with Crippen LogP contribution in [0.25, 0.3) is 0 Å². The third-order valence-electron chi connectivity index (χ3n) is 4.32. The van der Waals surface area contributed by atoms with Crippen LogP contribution in [-0.2, 0) is 0 Å². The van der Waals surface area contributed by atoms with Crippen LogP contribution in [0.1, 0.15) is 10.4 Å². The first-order valence-corrected chi connectivity index (χ1v) is 7.32. The summed E-state index contributed by atoms with van der Waals surface area (Å²) in [7, 11) is 0. The van der Waals surface area contributed by atoms with Gasteiger partial charge in [-0.1, -0.05) is 28.1 Å². The quantitative estimate of drug-likeness (QED) is 0.626. The topological polar surface area (TPSA) is 20.3 Å². The van der Waals surface area contributed by atoms with Gasteiger partial charge in [-0.3, -0.25) is 9.69 Å². The highest BCUT2D eigenvalue weighted by Crippen LogP contribution is 2.20. The summed E-state index contributed by atoms with van der Waals surface area (Å²) in [6.07, 6.45) is 0. The third kappa shape index (κ3) is 2.37. The van der Waals surface area contributed by atoms with Gasteiger partial charge in [-0.2, -0.15) is 0 Å². The molecule has 3 fully saturated rings. The molecule has 0 aliphatic carbocycles. The summed E-state index contributed by atoms with van der Waals surface area (Å²) < 4.78 is 2.03. The van der Waals surface area contributed by atoms with Gasteiger partial charge in [0.25, 0.3) is 0 Å². The van der Waals surface area contributed by atoms with Crippen LogP contribution in [0.3, 0.4) is 0 Å². The fourth-order valence-corrected chi connectivity index (χ4v) is 3.26. The van der Waals surface area contributed by atoms with Crippen LogP contribution in [0.2, 0.25) is 0 Å². The van der Waals surface area contributed by atoms with Crippen LogP contribution >= 0.6 is 15.9 Å². The standard InChI is InChI=1S/C14H18BrN2O/c15-13-3-1-12(2-4-13)14(18)11-17-8-5-16(6-9-17)7-10-17/h1-4H,5-11H2/q+1. The fraction of sp³-hybridized carbons (Fsp3) is 0.500. The molecule has 0 radical (unpaired) electrons. The van der Waals surface area contributed by atoms with E-state index in [1.54, 1.807) is 0 Å². The predicted octanol–water partition coefficient (Wildman–Crippen LogP) is 1.78. The molecule has 2 bridgehead atoms. The Hall–Kier alpha value is -0.710. The number of nitrogens with zero attached hydrogens (tertiary/aromatic N) is 2. The lowest BCUT2D eigenvalue weighted by Gasteiger charge is -2.50. The minimum atomic E-state index is 0.290. The van der Waals surface area contributed by atoms with E-state index in [2.05, 4.69) is 20.8 Å². The number of benzene rings is 1. The molecule has 0 spiro atoms. The van der Waals surface area contributed by atoms with Gasteiger partial charge in [-0.15, -0.1) is 0 Å². The zero-order valence-corrected chi connectivity index (χ0v) is 12.0. The smallest absolute Gasteiger partial charge is 0.216 e. The lowest BCUT2D eigenvalue weighted by Crippen LogP contribution is -2.68. The van der Waals surface area contributed by atoms with Gasteiger partial charge in [-0.25, -0.2) is 0 Å². The van der Waals surface area contributed by atoms with Crippen molar-refractivity contribution in [1.82, 2.24) is 4.90 Å². The Morgan fingerprint density at radius 1 is 1.11 bits per heavy atom. The Bertz CT molecular complexity index is 436. The summed E-state index contributed by atoms with van der Waals surface area (Å²) in [6.45, 7) is 7.58. The highest BCUT2D eigenvalue weighted by atomic mass is 79.9. The van der Waals surface area contributed by atoms with E-state index in [1.807, 2.05) is 24.3 Å². The number of rotatable bonds is 3. The van der Waals surface area contributed by atoms with E-state index in [4.69, 9.17) is 0 Å². The first-order valence-electron chi connectivity index (χ1n) is 6.53. The molecule has 4 heteroatoms. The summed E-state index contributed by atoms with van der Waals surface area (Å²) in [6, 6.07) is 7.73. The predicted molar refractivity (Wildman–Crippen MR) is 74.6 cm³/mol. The van der Waals surface area contributed by atoms with Crippen molar-refractivity contribution < 1.29 is 9.28 Å². The molecule has 3 nitrogen and oxygen atoms in total. The number of hydrogen-bond donors (Lipinski definition) is 0.